The van der Waals surface area contributed by atoms with Gasteiger partial charge in [0.25, 0.3) is 0 Å². The molecule has 0 saturated heterocycles. The Hall–Kier alpha value is -2.38. The highest BCUT2D eigenvalue weighted by Gasteiger charge is 2.24. The Morgan fingerprint density at radius 3 is 2.60 bits per heavy atom. The summed E-state index contributed by atoms with van der Waals surface area (Å²) in [5.74, 6) is 1.04. The normalized spacial score (nSPS) is 13.0. The minimum Gasteiger partial charge on any atom is -0.457 e. The van der Waals surface area contributed by atoms with Gasteiger partial charge in [-0.2, -0.15) is 0 Å². The Morgan fingerprint density at radius 2 is 1.92 bits per heavy atom. The number of nitrogens with zero attached hydrogens (tertiary/aromatic N) is 1. The fraction of sp³-hybridized carbons (Fsp3) is 0.278. The highest BCUT2D eigenvalue weighted by molar-refractivity contribution is 7.89. The van der Waals surface area contributed by atoms with Crippen molar-refractivity contribution in [2.75, 3.05) is 0 Å². The monoisotopic (exact) mass is 360 g/mol. The zero-order chi connectivity index (χ0) is 17.9. The standard InChI is InChI=1S/C18H20N2O4S/c1-13(8-9-15-6-4-3-5-7-15)20-25(21,22)18-12-17(23-14(18)2)16-10-11-19-24-16/h3-7,10-13,20H,8-9H2,1-2H3. The van der Waals surface area contributed by atoms with E-state index in [2.05, 4.69) is 9.88 Å². The number of nitrogens with one attached hydrogen (secondary N) is 1. The van der Waals surface area contributed by atoms with Crippen molar-refractivity contribution < 1.29 is 17.4 Å². The number of rotatable bonds is 7. The van der Waals surface area contributed by atoms with E-state index in [0.717, 1.165) is 6.42 Å². The van der Waals surface area contributed by atoms with Crippen LogP contribution in [0.4, 0.5) is 0 Å². The van der Waals surface area contributed by atoms with Crippen molar-refractivity contribution in [3.63, 3.8) is 0 Å². The second-order valence-corrected chi connectivity index (χ2v) is 7.64. The molecule has 0 saturated carbocycles. The Balaban J connectivity index is 1.69. The average Bonchev–Trinajstić information content (AvgIpc) is 3.23. The molecule has 6 nitrogen and oxygen atoms in total. The Kier molecular flexibility index (Phi) is 5.06. The van der Waals surface area contributed by atoms with Crippen LogP contribution in [0, 0.1) is 6.92 Å². The minimum absolute atomic E-state index is 0.116. The van der Waals surface area contributed by atoms with E-state index in [-0.39, 0.29) is 10.9 Å². The molecule has 0 aliphatic heterocycles. The maximum atomic E-state index is 12.6. The van der Waals surface area contributed by atoms with Crippen LogP contribution < -0.4 is 4.72 Å². The summed E-state index contributed by atoms with van der Waals surface area (Å²) in [5.41, 5.74) is 1.18. The number of sulfonamides is 1. The van der Waals surface area contributed by atoms with E-state index in [1.807, 2.05) is 37.3 Å². The zero-order valence-corrected chi connectivity index (χ0v) is 14.9. The molecule has 1 aromatic carbocycles. The first-order valence-corrected chi connectivity index (χ1v) is 9.52. The van der Waals surface area contributed by atoms with Crippen LogP contribution >= 0.6 is 0 Å². The fourth-order valence-electron chi connectivity index (χ4n) is 2.61. The lowest BCUT2D eigenvalue weighted by Gasteiger charge is -2.13. The van der Waals surface area contributed by atoms with Gasteiger partial charge in [0, 0.05) is 18.2 Å². The van der Waals surface area contributed by atoms with Crippen molar-refractivity contribution >= 4 is 10.0 Å². The van der Waals surface area contributed by atoms with Crippen LogP contribution in [0.1, 0.15) is 24.7 Å². The average molecular weight is 360 g/mol. The summed E-state index contributed by atoms with van der Waals surface area (Å²) >= 11 is 0. The summed E-state index contributed by atoms with van der Waals surface area (Å²) in [6, 6.07) is 12.9. The summed E-state index contributed by atoms with van der Waals surface area (Å²) in [5, 5.41) is 3.60. The molecule has 0 radical (unpaired) electrons. The molecule has 0 aliphatic rings. The van der Waals surface area contributed by atoms with Gasteiger partial charge in [-0.15, -0.1) is 0 Å². The van der Waals surface area contributed by atoms with Crippen LogP contribution in [-0.2, 0) is 16.4 Å². The van der Waals surface area contributed by atoms with Crippen LogP contribution in [-0.4, -0.2) is 19.6 Å². The number of hydrogen-bond acceptors (Lipinski definition) is 5. The third kappa shape index (κ3) is 4.18. The maximum Gasteiger partial charge on any atom is 0.244 e. The van der Waals surface area contributed by atoms with Crippen LogP contribution in [0.5, 0.6) is 0 Å². The number of hydrogen-bond donors (Lipinski definition) is 1. The van der Waals surface area contributed by atoms with Crippen LogP contribution in [0.3, 0.4) is 0 Å². The second-order valence-electron chi connectivity index (χ2n) is 5.95. The molecule has 3 aromatic rings. The summed E-state index contributed by atoms with van der Waals surface area (Å²) < 4.78 is 38.5. The predicted molar refractivity (Wildman–Crippen MR) is 93.5 cm³/mol. The molecular weight excluding hydrogens is 340 g/mol. The lowest BCUT2D eigenvalue weighted by molar-refractivity contribution is 0.414. The zero-order valence-electron chi connectivity index (χ0n) is 14.1. The largest absolute Gasteiger partial charge is 0.457 e. The Morgan fingerprint density at radius 1 is 1.16 bits per heavy atom. The molecule has 1 atom stereocenters. The second kappa shape index (κ2) is 7.25. The molecule has 3 rings (SSSR count). The third-order valence-corrected chi connectivity index (χ3v) is 5.60. The van der Waals surface area contributed by atoms with Gasteiger partial charge < -0.3 is 8.94 Å². The Labute approximate surface area is 146 Å². The van der Waals surface area contributed by atoms with Gasteiger partial charge in [0.15, 0.2) is 5.76 Å². The van der Waals surface area contributed by atoms with Crippen LogP contribution in [0.15, 0.2) is 62.5 Å². The predicted octanol–water partition coefficient (Wildman–Crippen LogP) is 3.54. The molecule has 132 valence electrons. The molecule has 0 amide bonds. The highest BCUT2D eigenvalue weighted by Crippen LogP contribution is 2.28. The first-order valence-electron chi connectivity index (χ1n) is 8.03. The lowest BCUT2D eigenvalue weighted by Crippen LogP contribution is -2.33. The third-order valence-electron chi connectivity index (χ3n) is 3.91. The molecule has 1 N–H and O–H groups in total. The van der Waals surface area contributed by atoms with E-state index in [0.29, 0.717) is 23.7 Å². The molecule has 1 unspecified atom stereocenters. The van der Waals surface area contributed by atoms with Gasteiger partial charge in [-0.25, -0.2) is 13.1 Å². The molecule has 0 fully saturated rings. The molecule has 2 aromatic heterocycles. The summed E-state index contributed by atoms with van der Waals surface area (Å²) in [4.78, 5) is 0.116. The minimum atomic E-state index is -3.67. The SMILES string of the molecule is Cc1oc(-c2ccno2)cc1S(=O)(=O)NC(C)CCc1ccccc1. The van der Waals surface area contributed by atoms with Gasteiger partial charge >= 0.3 is 0 Å². The van der Waals surface area contributed by atoms with E-state index in [9.17, 15) is 8.42 Å². The van der Waals surface area contributed by atoms with Crippen molar-refractivity contribution in [3.05, 3.63) is 60.0 Å². The lowest BCUT2D eigenvalue weighted by atomic mass is 10.1. The molecule has 0 bridgehead atoms. The molecule has 2 heterocycles. The van der Waals surface area contributed by atoms with Gasteiger partial charge in [-0.05, 0) is 32.3 Å². The number of aromatic nitrogens is 1. The molecule has 25 heavy (non-hydrogen) atoms. The van der Waals surface area contributed by atoms with Crippen molar-refractivity contribution in [1.29, 1.82) is 0 Å². The summed E-state index contributed by atoms with van der Waals surface area (Å²) in [6.07, 6.45) is 2.98. The molecule has 0 spiro atoms. The van der Waals surface area contributed by atoms with E-state index in [4.69, 9.17) is 8.94 Å². The van der Waals surface area contributed by atoms with Crippen LogP contribution in [0.25, 0.3) is 11.5 Å². The van der Waals surface area contributed by atoms with Gasteiger partial charge in [0.2, 0.25) is 15.8 Å². The highest BCUT2D eigenvalue weighted by atomic mass is 32.2. The number of furan rings is 1. The number of benzene rings is 1. The Bertz CT molecular complexity index is 915. The van der Waals surface area contributed by atoms with Gasteiger partial charge in [0.1, 0.15) is 10.7 Å². The number of aryl methyl sites for hydroxylation is 2. The smallest absolute Gasteiger partial charge is 0.244 e. The van der Waals surface area contributed by atoms with E-state index < -0.39 is 10.0 Å². The van der Waals surface area contributed by atoms with E-state index in [1.54, 1.807) is 13.0 Å². The topological polar surface area (TPSA) is 85.3 Å². The summed E-state index contributed by atoms with van der Waals surface area (Å²) in [6.45, 7) is 3.47. The first-order chi connectivity index (χ1) is 12.0. The van der Waals surface area contributed by atoms with Crippen LogP contribution in [0.2, 0.25) is 0 Å². The molecule has 7 heteroatoms. The maximum absolute atomic E-state index is 12.6. The fourth-order valence-corrected chi connectivity index (χ4v) is 4.07. The molecular formula is C18H20N2O4S. The van der Waals surface area contributed by atoms with Crippen molar-refractivity contribution in [3.8, 4) is 11.5 Å². The van der Waals surface area contributed by atoms with E-state index in [1.165, 1.54) is 17.8 Å². The molecule has 0 aliphatic carbocycles. The summed E-state index contributed by atoms with van der Waals surface area (Å²) in [7, 11) is -3.67. The van der Waals surface area contributed by atoms with Crippen molar-refractivity contribution in [2.24, 2.45) is 0 Å². The van der Waals surface area contributed by atoms with Crippen molar-refractivity contribution in [1.82, 2.24) is 9.88 Å². The van der Waals surface area contributed by atoms with Gasteiger partial charge in [-0.1, -0.05) is 35.5 Å². The van der Waals surface area contributed by atoms with E-state index >= 15 is 0 Å². The van der Waals surface area contributed by atoms with Gasteiger partial charge in [0.05, 0.1) is 6.20 Å². The van der Waals surface area contributed by atoms with Gasteiger partial charge in [-0.3, -0.25) is 0 Å². The quantitative estimate of drug-likeness (QED) is 0.696. The first kappa shape index (κ1) is 17.4. The van der Waals surface area contributed by atoms with Crippen molar-refractivity contribution in [2.45, 2.75) is 37.6 Å².